The lowest BCUT2D eigenvalue weighted by Gasteiger charge is -2.35. The fourth-order valence-corrected chi connectivity index (χ4v) is 2.83. The van der Waals surface area contributed by atoms with E-state index in [1.807, 2.05) is 0 Å². The van der Waals surface area contributed by atoms with E-state index in [9.17, 15) is 4.79 Å². The zero-order chi connectivity index (χ0) is 11.4. The van der Waals surface area contributed by atoms with Crippen molar-refractivity contribution in [3.05, 3.63) is 12.2 Å². The Balaban J connectivity index is 1.94. The van der Waals surface area contributed by atoms with Gasteiger partial charge in [-0.05, 0) is 25.7 Å². The quantitative estimate of drug-likeness (QED) is 0.714. The molecule has 1 saturated carbocycles. The van der Waals surface area contributed by atoms with E-state index >= 15 is 0 Å². The number of carbonyl (C=O) groups is 1. The van der Waals surface area contributed by atoms with Crippen LogP contribution in [-0.4, -0.2) is 18.5 Å². The van der Waals surface area contributed by atoms with Crippen LogP contribution in [0.4, 0.5) is 0 Å². The molecule has 2 rings (SSSR count). The van der Waals surface area contributed by atoms with Crippen molar-refractivity contribution in [1.29, 1.82) is 0 Å². The summed E-state index contributed by atoms with van der Waals surface area (Å²) in [5.41, 5.74) is 5.57. The van der Waals surface area contributed by atoms with Gasteiger partial charge in [-0.2, -0.15) is 0 Å². The van der Waals surface area contributed by atoms with Gasteiger partial charge in [-0.15, -0.1) is 0 Å². The lowest BCUT2D eigenvalue weighted by atomic mass is 9.73. The van der Waals surface area contributed by atoms with E-state index in [4.69, 9.17) is 5.73 Å². The summed E-state index contributed by atoms with van der Waals surface area (Å²) in [6.45, 7) is 0.499. The van der Waals surface area contributed by atoms with E-state index < -0.39 is 0 Å². The van der Waals surface area contributed by atoms with Crippen molar-refractivity contribution in [1.82, 2.24) is 5.32 Å². The highest BCUT2D eigenvalue weighted by Gasteiger charge is 2.38. The summed E-state index contributed by atoms with van der Waals surface area (Å²) in [5, 5.41) is 3.16. The summed E-state index contributed by atoms with van der Waals surface area (Å²) >= 11 is 0. The van der Waals surface area contributed by atoms with Gasteiger partial charge in [0.1, 0.15) is 0 Å². The molecule has 1 amide bonds. The molecule has 90 valence electrons. The Hall–Kier alpha value is -0.830. The molecule has 2 aliphatic rings. The number of nitrogens with two attached hydrogens (primary N) is 1. The van der Waals surface area contributed by atoms with Crippen molar-refractivity contribution in [2.24, 2.45) is 11.1 Å². The molecule has 3 nitrogen and oxygen atoms in total. The van der Waals surface area contributed by atoms with Crippen molar-refractivity contribution in [3.63, 3.8) is 0 Å². The Bertz CT molecular complexity index is 272. The molecule has 0 saturated heterocycles. The van der Waals surface area contributed by atoms with E-state index in [2.05, 4.69) is 17.5 Å². The molecule has 1 fully saturated rings. The highest BCUT2D eigenvalue weighted by molar-refractivity contribution is 5.83. The maximum absolute atomic E-state index is 12.3. The summed E-state index contributed by atoms with van der Waals surface area (Å²) in [6, 6.07) is 0.317. The fourth-order valence-electron chi connectivity index (χ4n) is 2.83. The summed E-state index contributed by atoms with van der Waals surface area (Å²) in [4.78, 5) is 12.3. The van der Waals surface area contributed by atoms with Crippen LogP contribution in [0.2, 0.25) is 0 Å². The number of amides is 1. The molecule has 0 aromatic rings. The van der Waals surface area contributed by atoms with Crippen LogP contribution in [0.5, 0.6) is 0 Å². The Labute approximate surface area is 97.5 Å². The monoisotopic (exact) mass is 222 g/mol. The molecule has 3 N–H and O–H groups in total. The second kappa shape index (κ2) is 5.00. The number of carbonyl (C=O) groups excluding carboxylic acids is 1. The average molecular weight is 222 g/mol. The van der Waals surface area contributed by atoms with Crippen LogP contribution in [0.1, 0.15) is 44.9 Å². The minimum absolute atomic E-state index is 0.198. The highest BCUT2D eigenvalue weighted by atomic mass is 16.2. The Kier molecular flexibility index (Phi) is 3.64. The van der Waals surface area contributed by atoms with Crippen LogP contribution >= 0.6 is 0 Å². The van der Waals surface area contributed by atoms with Crippen LogP contribution < -0.4 is 11.1 Å². The molecule has 0 heterocycles. The molecule has 0 aromatic heterocycles. The molecular formula is C13H22N2O. The molecule has 0 aromatic carbocycles. The van der Waals surface area contributed by atoms with E-state index in [0.29, 0.717) is 12.6 Å². The van der Waals surface area contributed by atoms with Crippen molar-refractivity contribution >= 4 is 5.91 Å². The highest BCUT2D eigenvalue weighted by Crippen LogP contribution is 2.35. The molecule has 0 spiro atoms. The van der Waals surface area contributed by atoms with Crippen LogP contribution in [0, 0.1) is 5.41 Å². The van der Waals surface area contributed by atoms with E-state index in [-0.39, 0.29) is 11.3 Å². The Morgan fingerprint density at radius 3 is 2.44 bits per heavy atom. The lowest BCUT2D eigenvalue weighted by Crippen LogP contribution is -2.49. The molecule has 0 unspecified atom stereocenters. The second-order valence-electron chi connectivity index (χ2n) is 5.16. The topological polar surface area (TPSA) is 55.1 Å². The van der Waals surface area contributed by atoms with Crippen molar-refractivity contribution < 1.29 is 4.79 Å². The van der Waals surface area contributed by atoms with E-state index in [1.165, 1.54) is 6.42 Å². The van der Waals surface area contributed by atoms with Gasteiger partial charge >= 0.3 is 0 Å². The van der Waals surface area contributed by atoms with Gasteiger partial charge in [0.2, 0.25) is 5.91 Å². The van der Waals surface area contributed by atoms with Crippen molar-refractivity contribution in [2.45, 2.75) is 51.0 Å². The summed E-state index contributed by atoms with van der Waals surface area (Å²) in [7, 11) is 0. The third-order valence-corrected chi connectivity index (χ3v) is 4.03. The van der Waals surface area contributed by atoms with Gasteiger partial charge in [0.25, 0.3) is 0 Å². The minimum atomic E-state index is -0.263. The summed E-state index contributed by atoms with van der Waals surface area (Å²) < 4.78 is 0. The van der Waals surface area contributed by atoms with Gasteiger partial charge in [0, 0.05) is 12.6 Å². The van der Waals surface area contributed by atoms with Gasteiger partial charge in [-0.1, -0.05) is 31.4 Å². The molecule has 0 atom stereocenters. The standard InChI is InChI=1S/C13H22N2O/c14-10-13(8-4-1-5-9-13)12(16)15-11-6-2-3-7-11/h2-3,11H,1,4-10,14H2,(H,15,16). The second-order valence-corrected chi connectivity index (χ2v) is 5.16. The first-order chi connectivity index (χ1) is 7.77. The smallest absolute Gasteiger partial charge is 0.227 e. The molecular weight excluding hydrogens is 200 g/mol. The third-order valence-electron chi connectivity index (χ3n) is 4.03. The Morgan fingerprint density at radius 1 is 1.25 bits per heavy atom. The SMILES string of the molecule is NCC1(C(=O)NC2CC=CC2)CCCCC1. The molecule has 3 heteroatoms. The van der Waals surface area contributed by atoms with E-state index in [0.717, 1.165) is 38.5 Å². The first-order valence-corrected chi connectivity index (χ1v) is 6.43. The zero-order valence-electron chi connectivity index (χ0n) is 9.87. The molecule has 0 radical (unpaired) electrons. The third kappa shape index (κ3) is 2.29. The fraction of sp³-hybridized carbons (Fsp3) is 0.769. The van der Waals surface area contributed by atoms with Crippen LogP contribution in [0.25, 0.3) is 0 Å². The molecule has 0 bridgehead atoms. The van der Waals surface area contributed by atoms with Gasteiger partial charge in [0.05, 0.1) is 5.41 Å². The van der Waals surface area contributed by atoms with Gasteiger partial charge in [-0.25, -0.2) is 0 Å². The number of hydrogen-bond acceptors (Lipinski definition) is 2. The molecule has 2 aliphatic carbocycles. The first-order valence-electron chi connectivity index (χ1n) is 6.43. The van der Waals surface area contributed by atoms with Gasteiger partial charge < -0.3 is 11.1 Å². The average Bonchev–Trinajstić information content (AvgIpc) is 2.82. The van der Waals surface area contributed by atoms with Crippen molar-refractivity contribution in [3.8, 4) is 0 Å². The van der Waals surface area contributed by atoms with Crippen LogP contribution in [-0.2, 0) is 4.79 Å². The number of rotatable bonds is 3. The Morgan fingerprint density at radius 2 is 1.88 bits per heavy atom. The predicted molar refractivity (Wildman–Crippen MR) is 64.9 cm³/mol. The first kappa shape index (κ1) is 11.6. The minimum Gasteiger partial charge on any atom is -0.352 e. The van der Waals surface area contributed by atoms with Gasteiger partial charge in [-0.3, -0.25) is 4.79 Å². The van der Waals surface area contributed by atoms with Gasteiger partial charge in [0.15, 0.2) is 0 Å². The molecule has 16 heavy (non-hydrogen) atoms. The number of hydrogen-bond donors (Lipinski definition) is 2. The number of nitrogens with one attached hydrogen (secondary N) is 1. The zero-order valence-corrected chi connectivity index (χ0v) is 9.87. The predicted octanol–water partition coefficient (Wildman–Crippen LogP) is 1.73. The largest absolute Gasteiger partial charge is 0.352 e. The summed E-state index contributed by atoms with van der Waals surface area (Å²) in [6.07, 6.45) is 11.7. The van der Waals surface area contributed by atoms with Crippen molar-refractivity contribution in [2.75, 3.05) is 6.54 Å². The van der Waals surface area contributed by atoms with E-state index in [1.54, 1.807) is 0 Å². The maximum Gasteiger partial charge on any atom is 0.227 e. The maximum atomic E-state index is 12.3. The normalized spacial score (nSPS) is 24.6. The van der Waals surface area contributed by atoms with Crippen LogP contribution in [0.15, 0.2) is 12.2 Å². The van der Waals surface area contributed by atoms with Crippen LogP contribution in [0.3, 0.4) is 0 Å². The lowest BCUT2D eigenvalue weighted by molar-refractivity contribution is -0.133. The summed E-state index contributed by atoms with van der Waals surface area (Å²) in [5.74, 6) is 0.198. The molecule has 0 aliphatic heterocycles.